The molecule has 0 saturated carbocycles. The topological polar surface area (TPSA) is 75.5 Å². The first kappa shape index (κ1) is 14.5. The van der Waals surface area contributed by atoms with E-state index in [4.69, 9.17) is 0 Å². The van der Waals surface area contributed by atoms with Gasteiger partial charge in [0.25, 0.3) is 5.69 Å². The van der Waals surface area contributed by atoms with Crippen LogP contribution in [0.4, 0.5) is 11.4 Å². The number of hydrogen-bond acceptors (Lipinski definition) is 5. The van der Waals surface area contributed by atoms with Crippen LogP contribution in [0.25, 0.3) is 0 Å². The van der Waals surface area contributed by atoms with Crippen molar-refractivity contribution in [2.24, 2.45) is 5.92 Å². The highest BCUT2D eigenvalue weighted by Gasteiger charge is 2.22. The Kier molecular flexibility index (Phi) is 4.68. The van der Waals surface area contributed by atoms with E-state index < -0.39 is 4.92 Å². The Bertz CT molecular complexity index is 504. The molecular weight excluding hydrogens is 258 g/mol. The fraction of sp³-hybridized carbons (Fsp3) is 0.500. The molecule has 2 rings (SSSR count). The number of nitro benzene ring substituents is 1. The van der Waals surface area contributed by atoms with Crippen molar-refractivity contribution >= 4 is 17.7 Å². The predicted octanol–water partition coefficient (Wildman–Crippen LogP) is 2.16. The van der Waals surface area contributed by atoms with Crippen LogP contribution in [0, 0.1) is 16.0 Å². The third-order valence-corrected chi connectivity index (χ3v) is 3.75. The summed E-state index contributed by atoms with van der Waals surface area (Å²) < 4.78 is 0. The molecule has 1 atom stereocenters. The molecule has 0 spiro atoms. The standard InChI is InChI=1S/C14H19N3O3/c1-2-16-6-5-12(9-16)8-15-13-4-3-11(10-18)7-14(13)17(19)20/h3-4,7,10,12,15H,2,5-6,8-9H2,1H3. The summed E-state index contributed by atoms with van der Waals surface area (Å²) in [6.45, 7) is 6.03. The van der Waals surface area contributed by atoms with E-state index >= 15 is 0 Å². The second-order valence-corrected chi connectivity index (χ2v) is 5.08. The van der Waals surface area contributed by atoms with Gasteiger partial charge < -0.3 is 10.2 Å². The Labute approximate surface area is 117 Å². The van der Waals surface area contributed by atoms with Crippen LogP contribution in [0.5, 0.6) is 0 Å². The molecule has 0 aromatic heterocycles. The lowest BCUT2D eigenvalue weighted by Gasteiger charge is -2.14. The third kappa shape index (κ3) is 3.33. The number of rotatable bonds is 6. The average molecular weight is 277 g/mol. The predicted molar refractivity (Wildman–Crippen MR) is 77.2 cm³/mol. The van der Waals surface area contributed by atoms with Crippen molar-refractivity contribution in [1.82, 2.24) is 4.90 Å². The van der Waals surface area contributed by atoms with Crippen LogP contribution < -0.4 is 5.32 Å². The first-order valence-corrected chi connectivity index (χ1v) is 6.84. The van der Waals surface area contributed by atoms with Gasteiger partial charge in [0.05, 0.1) is 4.92 Å². The van der Waals surface area contributed by atoms with E-state index in [9.17, 15) is 14.9 Å². The molecule has 20 heavy (non-hydrogen) atoms. The summed E-state index contributed by atoms with van der Waals surface area (Å²) >= 11 is 0. The number of benzene rings is 1. The minimum Gasteiger partial charge on any atom is -0.379 e. The van der Waals surface area contributed by atoms with Crippen molar-refractivity contribution in [2.45, 2.75) is 13.3 Å². The molecule has 6 heteroatoms. The highest BCUT2D eigenvalue weighted by molar-refractivity contribution is 5.79. The van der Waals surface area contributed by atoms with Crippen LogP contribution in [0.2, 0.25) is 0 Å². The first-order chi connectivity index (χ1) is 9.63. The number of carbonyl (C=O) groups is 1. The number of hydrogen-bond donors (Lipinski definition) is 1. The number of nitrogens with zero attached hydrogens (tertiary/aromatic N) is 2. The Balaban J connectivity index is 2.02. The molecule has 1 saturated heterocycles. The molecule has 6 nitrogen and oxygen atoms in total. The molecule has 1 aliphatic rings. The molecule has 0 radical (unpaired) electrons. The summed E-state index contributed by atoms with van der Waals surface area (Å²) in [5.74, 6) is 0.514. The number of carbonyl (C=O) groups excluding carboxylic acids is 1. The van der Waals surface area contributed by atoms with Crippen LogP contribution in [0.1, 0.15) is 23.7 Å². The molecule has 108 valence electrons. The summed E-state index contributed by atoms with van der Waals surface area (Å²) in [7, 11) is 0. The minimum atomic E-state index is -0.456. The van der Waals surface area contributed by atoms with Crippen LogP contribution in [-0.4, -0.2) is 42.3 Å². The van der Waals surface area contributed by atoms with Gasteiger partial charge >= 0.3 is 0 Å². The van der Waals surface area contributed by atoms with Crippen molar-refractivity contribution in [1.29, 1.82) is 0 Å². The zero-order chi connectivity index (χ0) is 14.5. The second-order valence-electron chi connectivity index (χ2n) is 5.08. The van der Waals surface area contributed by atoms with Gasteiger partial charge in [-0.1, -0.05) is 6.92 Å². The maximum Gasteiger partial charge on any atom is 0.293 e. The fourth-order valence-corrected chi connectivity index (χ4v) is 2.54. The van der Waals surface area contributed by atoms with Gasteiger partial charge in [0.2, 0.25) is 0 Å². The molecular formula is C14H19N3O3. The Morgan fingerprint density at radius 1 is 1.55 bits per heavy atom. The fourth-order valence-electron chi connectivity index (χ4n) is 2.54. The normalized spacial score (nSPS) is 18.9. The molecule has 0 amide bonds. The summed E-state index contributed by atoms with van der Waals surface area (Å²) in [6.07, 6.45) is 1.73. The smallest absolute Gasteiger partial charge is 0.293 e. The van der Waals surface area contributed by atoms with Crippen LogP contribution in [0.3, 0.4) is 0 Å². The second kappa shape index (κ2) is 6.47. The van der Waals surface area contributed by atoms with E-state index in [2.05, 4.69) is 17.1 Å². The van der Waals surface area contributed by atoms with Gasteiger partial charge in [-0.2, -0.15) is 0 Å². The number of aldehydes is 1. The molecule has 1 aliphatic heterocycles. The van der Waals surface area contributed by atoms with E-state index in [1.54, 1.807) is 12.1 Å². The van der Waals surface area contributed by atoms with Crippen LogP contribution in [-0.2, 0) is 0 Å². The molecule has 1 N–H and O–H groups in total. The van der Waals surface area contributed by atoms with Crippen LogP contribution >= 0.6 is 0 Å². The van der Waals surface area contributed by atoms with E-state index in [1.165, 1.54) is 6.07 Å². The zero-order valence-corrected chi connectivity index (χ0v) is 11.5. The van der Waals surface area contributed by atoms with E-state index in [0.717, 1.165) is 32.6 Å². The van der Waals surface area contributed by atoms with E-state index in [-0.39, 0.29) is 5.69 Å². The largest absolute Gasteiger partial charge is 0.379 e. The number of nitrogens with one attached hydrogen (secondary N) is 1. The third-order valence-electron chi connectivity index (χ3n) is 3.75. The van der Waals surface area contributed by atoms with Gasteiger partial charge in [0.1, 0.15) is 12.0 Å². The van der Waals surface area contributed by atoms with Crippen molar-refractivity contribution in [3.05, 3.63) is 33.9 Å². The Morgan fingerprint density at radius 2 is 2.35 bits per heavy atom. The highest BCUT2D eigenvalue weighted by atomic mass is 16.6. The van der Waals surface area contributed by atoms with Crippen molar-refractivity contribution in [3.8, 4) is 0 Å². The molecule has 1 unspecified atom stereocenters. The van der Waals surface area contributed by atoms with E-state index in [1.807, 2.05) is 0 Å². The lowest BCUT2D eigenvalue weighted by atomic mass is 10.1. The van der Waals surface area contributed by atoms with Crippen molar-refractivity contribution in [2.75, 3.05) is 31.5 Å². The maximum absolute atomic E-state index is 11.0. The summed E-state index contributed by atoms with van der Waals surface area (Å²) in [5, 5.41) is 14.2. The van der Waals surface area contributed by atoms with Gasteiger partial charge in [-0.3, -0.25) is 14.9 Å². The number of likely N-dealkylation sites (tertiary alicyclic amines) is 1. The lowest BCUT2D eigenvalue weighted by Crippen LogP contribution is -2.22. The maximum atomic E-state index is 11.0. The highest BCUT2D eigenvalue weighted by Crippen LogP contribution is 2.26. The Hall–Kier alpha value is -1.95. The van der Waals surface area contributed by atoms with Crippen molar-refractivity contribution in [3.63, 3.8) is 0 Å². The molecule has 1 fully saturated rings. The summed E-state index contributed by atoms with van der Waals surface area (Å²) in [4.78, 5) is 23.6. The summed E-state index contributed by atoms with van der Waals surface area (Å²) in [5.41, 5.74) is 0.760. The van der Waals surface area contributed by atoms with Gasteiger partial charge in [-0.25, -0.2) is 0 Å². The lowest BCUT2D eigenvalue weighted by molar-refractivity contribution is -0.384. The molecule has 1 aromatic rings. The molecule has 0 bridgehead atoms. The first-order valence-electron chi connectivity index (χ1n) is 6.84. The van der Waals surface area contributed by atoms with E-state index in [0.29, 0.717) is 23.5 Å². The van der Waals surface area contributed by atoms with Gasteiger partial charge in [0, 0.05) is 24.7 Å². The monoisotopic (exact) mass is 277 g/mol. The Morgan fingerprint density at radius 3 is 2.95 bits per heavy atom. The van der Waals surface area contributed by atoms with Crippen molar-refractivity contribution < 1.29 is 9.72 Å². The quantitative estimate of drug-likeness (QED) is 0.490. The number of anilines is 1. The molecule has 1 aromatic carbocycles. The average Bonchev–Trinajstić information content (AvgIpc) is 2.92. The number of nitro groups is 1. The molecule has 1 heterocycles. The molecule has 0 aliphatic carbocycles. The zero-order valence-electron chi connectivity index (χ0n) is 11.5. The summed E-state index contributed by atoms with van der Waals surface area (Å²) in [6, 6.07) is 4.51. The van der Waals surface area contributed by atoms with Gasteiger partial charge in [-0.15, -0.1) is 0 Å². The van der Waals surface area contributed by atoms with Crippen LogP contribution in [0.15, 0.2) is 18.2 Å². The SMILES string of the molecule is CCN1CCC(CNc2ccc(C=O)cc2[N+](=O)[O-])C1. The van der Waals surface area contributed by atoms with Gasteiger partial charge in [-0.05, 0) is 37.6 Å². The van der Waals surface area contributed by atoms with Gasteiger partial charge in [0.15, 0.2) is 0 Å². The minimum absolute atomic E-state index is 0.0417.